The normalized spacial score (nSPS) is 10.3. The van der Waals surface area contributed by atoms with Crippen LogP contribution in [-0.4, -0.2) is 14.8 Å². The van der Waals surface area contributed by atoms with Gasteiger partial charge in [0, 0.05) is 0 Å². The van der Waals surface area contributed by atoms with Crippen molar-refractivity contribution in [3.8, 4) is 11.8 Å². The van der Waals surface area contributed by atoms with Gasteiger partial charge in [-0.3, -0.25) is 0 Å². The van der Waals surface area contributed by atoms with Crippen LogP contribution in [-0.2, 0) is 12.8 Å². The molecule has 18 heavy (non-hydrogen) atoms. The molecule has 2 heterocycles. The summed E-state index contributed by atoms with van der Waals surface area (Å²) in [5.41, 5.74) is 9.93. The van der Waals surface area contributed by atoms with E-state index in [0.29, 0.717) is 5.69 Å². The van der Waals surface area contributed by atoms with Crippen molar-refractivity contribution >= 4 is 5.69 Å². The fraction of sp³-hybridized carbons (Fsp3) is 0.308. The molecule has 2 aromatic rings. The molecule has 0 atom stereocenters. The van der Waals surface area contributed by atoms with Crippen LogP contribution in [0.15, 0.2) is 18.3 Å². The van der Waals surface area contributed by atoms with Gasteiger partial charge in [-0.1, -0.05) is 13.8 Å². The fourth-order valence-corrected chi connectivity index (χ4v) is 1.91. The lowest BCUT2D eigenvalue weighted by atomic mass is 10.2. The monoisotopic (exact) mass is 241 g/mol. The molecule has 92 valence electrons. The lowest BCUT2D eigenvalue weighted by Gasteiger charge is -2.05. The molecule has 0 bridgehead atoms. The van der Waals surface area contributed by atoms with Crippen LogP contribution in [0.2, 0.25) is 0 Å². The summed E-state index contributed by atoms with van der Waals surface area (Å²) < 4.78 is 1.81. The molecule has 2 rings (SSSR count). The predicted molar refractivity (Wildman–Crippen MR) is 69.2 cm³/mol. The van der Waals surface area contributed by atoms with Gasteiger partial charge in [-0.15, -0.1) is 0 Å². The lowest BCUT2D eigenvalue weighted by Crippen LogP contribution is -2.03. The summed E-state index contributed by atoms with van der Waals surface area (Å²) in [6, 6.07) is 5.51. The van der Waals surface area contributed by atoms with E-state index < -0.39 is 0 Å². The van der Waals surface area contributed by atoms with Gasteiger partial charge in [0.05, 0.1) is 29.0 Å². The number of hydrogen-bond acceptors (Lipinski definition) is 4. The minimum Gasteiger partial charge on any atom is -0.396 e. The van der Waals surface area contributed by atoms with Crippen LogP contribution >= 0.6 is 0 Å². The molecule has 0 unspecified atom stereocenters. The summed E-state index contributed by atoms with van der Waals surface area (Å²) in [5, 5.41) is 13.2. The SMILES string of the molecule is CCc1nn(-c2ccc(C#N)nc2)c(CC)c1N. The summed E-state index contributed by atoms with van der Waals surface area (Å²) in [4.78, 5) is 4.05. The quantitative estimate of drug-likeness (QED) is 0.889. The Morgan fingerprint density at radius 3 is 2.61 bits per heavy atom. The van der Waals surface area contributed by atoms with Gasteiger partial charge in [-0.25, -0.2) is 9.67 Å². The summed E-state index contributed by atoms with van der Waals surface area (Å²) in [6.07, 6.45) is 3.25. The Hall–Kier alpha value is -2.35. The number of anilines is 1. The zero-order valence-corrected chi connectivity index (χ0v) is 10.5. The molecule has 5 heteroatoms. The van der Waals surface area contributed by atoms with Gasteiger partial charge in [0.15, 0.2) is 0 Å². The molecule has 0 aliphatic carbocycles. The number of nitrogens with two attached hydrogens (primary N) is 1. The highest BCUT2D eigenvalue weighted by atomic mass is 15.3. The largest absolute Gasteiger partial charge is 0.396 e. The number of aromatic nitrogens is 3. The molecule has 0 saturated heterocycles. The highest BCUT2D eigenvalue weighted by Crippen LogP contribution is 2.21. The van der Waals surface area contributed by atoms with E-state index in [2.05, 4.69) is 10.1 Å². The number of pyridine rings is 1. The molecule has 5 nitrogen and oxygen atoms in total. The smallest absolute Gasteiger partial charge is 0.140 e. The van der Waals surface area contributed by atoms with Crippen LogP contribution < -0.4 is 5.73 Å². The van der Waals surface area contributed by atoms with Crippen molar-refractivity contribution in [1.82, 2.24) is 14.8 Å². The standard InChI is InChI=1S/C13H15N5/c1-3-11-13(15)12(4-2)18(17-11)10-6-5-9(7-14)16-8-10/h5-6,8H,3-4,15H2,1-2H3. The van der Waals surface area contributed by atoms with Crippen LogP contribution in [0.4, 0.5) is 5.69 Å². The van der Waals surface area contributed by atoms with E-state index in [-0.39, 0.29) is 0 Å². The maximum atomic E-state index is 8.73. The molecule has 0 fully saturated rings. The van der Waals surface area contributed by atoms with Gasteiger partial charge in [-0.05, 0) is 25.0 Å². The minimum absolute atomic E-state index is 0.396. The molecule has 2 N–H and O–H groups in total. The molecular formula is C13H15N5. The number of hydrogen-bond donors (Lipinski definition) is 1. The second kappa shape index (κ2) is 4.88. The second-order valence-corrected chi connectivity index (χ2v) is 3.94. The van der Waals surface area contributed by atoms with Crippen molar-refractivity contribution in [2.45, 2.75) is 26.7 Å². The Labute approximate surface area is 106 Å². The summed E-state index contributed by atoms with van der Waals surface area (Å²) in [7, 11) is 0. The van der Waals surface area contributed by atoms with Gasteiger partial charge in [0.1, 0.15) is 11.8 Å². The van der Waals surface area contributed by atoms with Gasteiger partial charge >= 0.3 is 0 Å². The zero-order valence-electron chi connectivity index (χ0n) is 10.5. The Bertz CT molecular complexity index is 589. The first-order valence-corrected chi connectivity index (χ1v) is 5.94. The Morgan fingerprint density at radius 1 is 1.33 bits per heavy atom. The minimum atomic E-state index is 0.396. The maximum absolute atomic E-state index is 8.73. The molecule has 2 aromatic heterocycles. The first-order chi connectivity index (χ1) is 8.71. The average Bonchev–Trinajstić information content (AvgIpc) is 2.75. The lowest BCUT2D eigenvalue weighted by molar-refractivity contribution is 0.790. The Balaban J connectivity index is 2.52. The van der Waals surface area contributed by atoms with Crippen molar-refractivity contribution in [3.63, 3.8) is 0 Å². The van der Waals surface area contributed by atoms with E-state index in [0.717, 1.165) is 35.6 Å². The number of rotatable bonds is 3. The fourth-order valence-electron chi connectivity index (χ4n) is 1.91. The van der Waals surface area contributed by atoms with E-state index in [4.69, 9.17) is 11.0 Å². The van der Waals surface area contributed by atoms with E-state index in [9.17, 15) is 0 Å². The van der Waals surface area contributed by atoms with Gasteiger partial charge < -0.3 is 5.73 Å². The molecule has 0 radical (unpaired) electrons. The van der Waals surface area contributed by atoms with Gasteiger partial charge in [-0.2, -0.15) is 10.4 Å². The Kier molecular flexibility index (Phi) is 3.28. The molecule has 0 aromatic carbocycles. The molecule has 0 aliphatic heterocycles. The molecule has 0 spiro atoms. The van der Waals surface area contributed by atoms with Crippen molar-refractivity contribution in [2.75, 3.05) is 5.73 Å². The second-order valence-electron chi connectivity index (χ2n) is 3.94. The first kappa shape index (κ1) is 12.1. The third-order valence-electron chi connectivity index (χ3n) is 2.87. The van der Waals surface area contributed by atoms with Crippen LogP contribution in [0.1, 0.15) is 30.9 Å². The maximum Gasteiger partial charge on any atom is 0.140 e. The molecule has 0 amide bonds. The third-order valence-corrected chi connectivity index (χ3v) is 2.87. The summed E-state index contributed by atoms with van der Waals surface area (Å²) in [5.74, 6) is 0. The number of nitrogens with zero attached hydrogens (tertiary/aromatic N) is 4. The van der Waals surface area contributed by atoms with Crippen molar-refractivity contribution in [2.24, 2.45) is 0 Å². The van der Waals surface area contributed by atoms with Crippen LogP contribution in [0.5, 0.6) is 0 Å². The van der Waals surface area contributed by atoms with Crippen LogP contribution in [0.25, 0.3) is 5.69 Å². The van der Waals surface area contributed by atoms with Crippen LogP contribution in [0, 0.1) is 11.3 Å². The molecule has 0 saturated carbocycles. The highest BCUT2D eigenvalue weighted by Gasteiger charge is 2.13. The first-order valence-electron chi connectivity index (χ1n) is 5.94. The number of aryl methyl sites for hydroxylation is 1. The number of nitrogen functional groups attached to an aromatic ring is 1. The topological polar surface area (TPSA) is 80.5 Å². The van der Waals surface area contributed by atoms with E-state index >= 15 is 0 Å². The van der Waals surface area contributed by atoms with E-state index in [1.165, 1.54) is 0 Å². The zero-order chi connectivity index (χ0) is 13.1. The highest BCUT2D eigenvalue weighted by molar-refractivity contribution is 5.51. The molecular weight excluding hydrogens is 226 g/mol. The average molecular weight is 241 g/mol. The number of nitriles is 1. The summed E-state index contributed by atoms with van der Waals surface area (Å²) >= 11 is 0. The van der Waals surface area contributed by atoms with Gasteiger partial charge in [0.2, 0.25) is 0 Å². The van der Waals surface area contributed by atoms with E-state index in [1.54, 1.807) is 12.3 Å². The third kappa shape index (κ3) is 1.93. The van der Waals surface area contributed by atoms with Crippen LogP contribution in [0.3, 0.4) is 0 Å². The molecule has 0 aliphatic rings. The predicted octanol–water partition coefficient (Wildman–Crippen LogP) is 1.85. The van der Waals surface area contributed by atoms with Crippen molar-refractivity contribution in [3.05, 3.63) is 35.4 Å². The Morgan fingerprint density at radius 2 is 2.11 bits per heavy atom. The summed E-state index contributed by atoms with van der Waals surface area (Å²) in [6.45, 7) is 4.07. The van der Waals surface area contributed by atoms with E-state index in [1.807, 2.05) is 30.7 Å². The van der Waals surface area contributed by atoms with Crippen molar-refractivity contribution in [1.29, 1.82) is 5.26 Å². The van der Waals surface area contributed by atoms with Gasteiger partial charge in [0.25, 0.3) is 0 Å². The van der Waals surface area contributed by atoms with Crippen molar-refractivity contribution < 1.29 is 0 Å².